The highest BCUT2D eigenvalue weighted by molar-refractivity contribution is 8.00. The molecule has 76 valence electrons. The zero-order chi connectivity index (χ0) is 9.68. The zero-order valence-electron chi connectivity index (χ0n) is 9.05. The molecule has 1 aliphatic rings. The fraction of sp³-hybridized carbons (Fsp3) is 0.818. The molecule has 1 rings (SSSR count). The van der Waals surface area contributed by atoms with Crippen LogP contribution < -0.4 is 0 Å². The van der Waals surface area contributed by atoms with Crippen molar-refractivity contribution in [3.8, 4) is 0 Å². The van der Waals surface area contributed by atoms with Crippen LogP contribution in [0.2, 0.25) is 0 Å². The summed E-state index contributed by atoms with van der Waals surface area (Å²) in [7, 11) is 0. The van der Waals surface area contributed by atoms with Gasteiger partial charge >= 0.3 is 0 Å². The number of nitrogens with zero attached hydrogens (tertiary/aromatic N) is 1. The van der Waals surface area contributed by atoms with Crippen molar-refractivity contribution in [2.45, 2.75) is 32.4 Å². The van der Waals surface area contributed by atoms with E-state index in [-0.39, 0.29) is 0 Å². The van der Waals surface area contributed by atoms with Crippen LogP contribution in [0.25, 0.3) is 0 Å². The molecule has 2 heteroatoms. The van der Waals surface area contributed by atoms with Gasteiger partial charge in [0.25, 0.3) is 0 Å². The van der Waals surface area contributed by atoms with Gasteiger partial charge in [-0.1, -0.05) is 18.6 Å². The van der Waals surface area contributed by atoms with Crippen LogP contribution in [-0.4, -0.2) is 35.5 Å². The van der Waals surface area contributed by atoms with Crippen LogP contribution >= 0.6 is 11.8 Å². The van der Waals surface area contributed by atoms with Crippen LogP contribution in [0.1, 0.15) is 27.2 Å². The maximum Gasteiger partial charge on any atom is 0.0172 e. The normalized spacial score (nSPS) is 24.4. The van der Waals surface area contributed by atoms with Crippen LogP contribution in [-0.2, 0) is 0 Å². The molecule has 0 aromatic rings. The fourth-order valence-electron chi connectivity index (χ4n) is 1.50. The molecule has 0 aromatic heterocycles. The molecule has 13 heavy (non-hydrogen) atoms. The van der Waals surface area contributed by atoms with E-state index in [0.29, 0.717) is 0 Å². The van der Waals surface area contributed by atoms with E-state index in [1.807, 2.05) is 0 Å². The molecule has 0 aromatic carbocycles. The number of hydrogen-bond acceptors (Lipinski definition) is 2. The standard InChI is InChI=1S/C11H21NS/c1-4-11-9-12(7-8-13-11)6-5-10(2)3/h5,11H,4,6-9H2,1-3H3. The third kappa shape index (κ3) is 4.19. The lowest BCUT2D eigenvalue weighted by Crippen LogP contribution is -2.37. The van der Waals surface area contributed by atoms with Crippen molar-refractivity contribution < 1.29 is 0 Å². The molecule has 1 nitrogen and oxygen atoms in total. The molecule has 0 bridgehead atoms. The Bertz CT molecular complexity index is 173. The maximum absolute atomic E-state index is 2.57. The molecular formula is C11H21NS. The van der Waals surface area contributed by atoms with E-state index in [0.717, 1.165) is 11.8 Å². The minimum atomic E-state index is 0.874. The Morgan fingerprint density at radius 2 is 2.31 bits per heavy atom. The van der Waals surface area contributed by atoms with Crippen LogP contribution in [0, 0.1) is 0 Å². The first kappa shape index (κ1) is 11.1. The highest BCUT2D eigenvalue weighted by atomic mass is 32.2. The van der Waals surface area contributed by atoms with Gasteiger partial charge in [-0.05, 0) is 20.3 Å². The van der Waals surface area contributed by atoms with Crippen molar-refractivity contribution >= 4 is 11.8 Å². The van der Waals surface area contributed by atoms with Crippen LogP contribution in [0.15, 0.2) is 11.6 Å². The predicted molar refractivity (Wildman–Crippen MR) is 62.4 cm³/mol. The average molecular weight is 199 g/mol. The first-order valence-corrected chi connectivity index (χ1v) is 6.24. The highest BCUT2D eigenvalue weighted by Crippen LogP contribution is 2.20. The second-order valence-corrected chi connectivity index (χ2v) is 5.35. The van der Waals surface area contributed by atoms with Gasteiger partial charge in [-0.25, -0.2) is 0 Å². The third-order valence-corrected chi connectivity index (χ3v) is 3.81. The quantitative estimate of drug-likeness (QED) is 0.643. The van der Waals surface area contributed by atoms with Gasteiger partial charge < -0.3 is 0 Å². The van der Waals surface area contributed by atoms with Gasteiger partial charge in [0.15, 0.2) is 0 Å². The summed E-state index contributed by atoms with van der Waals surface area (Å²) in [6.07, 6.45) is 3.65. The summed E-state index contributed by atoms with van der Waals surface area (Å²) in [5.41, 5.74) is 1.44. The van der Waals surface area contributed by atoms with E-state index in [1.54, 1.807) is 0 Å². The Kier molecular flexibility index (Phi) is 4.89. The lowest BCUT2D eigenvalue weighted by molar-refractivity contribution is 0.310. The SMILES string of the molecule is CCC1CN(CC=C(C)C)CCS1. The van der Waals surface area contributed by atoms with Crippen molar-refractivity contribution in [1.29, 1.82) is 0 Å². The van der Waals surface area contributed by atoms with Crippen molar-refractivity contribution in [3.63, 3.8) is 0 Å². The zero-order valence-corrected chi connectivity index (χ0v) is 9.86. The molecule has 1 fully saturated rings. The summed E-state index contributed by atoms with van der Waals surface area (Å²) in [6.45, 7) is 10.4. The van der Waals surface area contributed by atoms with Gasteiger partial charge in [0.2, 0.25) is 0 Å². The van der Waals surface area contributed by atoms with Crippen LogP contribution in [0.4, 0.5) is 0 Å². The number of rotatable bonds is 3. The maximum atomic E-state index is 2.57. The Morgan fingerprint density at radius 1 is 1.54 bits per heavy atom. The second-order valence-electron chi connectivity index (χ2n) is 3.94. The van der Waals surface area contributed by atoms with E-state index in [4.69, 9.17) is 0 Å². The fourth-order valence-corrected chi connectivity index (χ4v) is 2.75. The number of allylic oxidation sites excluding steroid dienone is 1. The summed E-state index contributed by atoms with van der Waals surface area (Å²) in [5, 5.41) is 0.874. The van der Waals surface area contributed by atoms with Crippen LogP contribution in [0.3, 0.4) is 0 Å². The summed E-state index contributed by atoms with van der Waals surface area (Å²) >= 11 is 2.14. The molecule has 0 aliphatic carbocycles. The molecular weight excluding hydrogens is 178 g/mol. The first-order valence-electron chi connectivity index (χ1n) is 5.19. The molecule has 1 unspecified atom stereocenters. The summed E-state index contributed by atoms with van der Waals surface area (Å²) < 4.78 is 0. The van der Waals surface area contributed by atoms with Crippen molar-refractivity contribution in [1.82, 2.24) is 4.90 Å². The van der Waals surface area contributed by atoms with E-state index in [9.17, 15) is 0 Å². The minimum absolute atomic E-state index is 0.874. The van der Waals surface area contributed by atoms with Gasteiger partial charge in [0.05, 0.1) is 0 Å². The van der Waals surface area contributed by atoms with Gasteiger partial charge in [0.1, 0.15) is 0 Å². The molecule has 1 aliphatic heterocycles. The van der Waals surface area contributed by atoms with Crippen molar-refractivity contribution in [2.75, 3.05) is 25.4 Å². The molecule has 0 saturated carbocycles. The second kappa shape index (κ2) is 5.71. The van der Waals surface area contributed by atoms with E-state index >= 15 is 0 Å². The minimum Gasteiger partial charge on any atom is -0.298 e. The van der Waals surface area contributed by atoms with Gasteiger partial charge in [0, 0.05) is 30.6 Å². The van der Waals surface area contributed by atoms with E-state index < -0.39 is 0 Å². The topological polar surface area (TPSA) is 3.24 Å². The molecule has 1 heterocycles. The largest absolute Gasteiger partial charge is 0.298 e. The Morgan fingerprint density at radius 3 is 2.92 bits per heavy atom. The lowest BCUT2D eigenvalue weighted by Gasteiger charge is -2.31. The van der Waals surface area contributed by atoms with Gasteiger partial charge in [-0.2, -0.15) is 11.8 Å². The summed E-state index contributed by atoms with van der Waals surface area (Å²) in [5.74, 6) is 1.31. The van der Waals surface area contributed by atoms with Gasteiger partial charge in [-0.15, -0.1) is 0 Å². The Labute approximate surface area is 86.6 Å². The molecule has 1 saturated heterocycles. The molecule has 0 amide bonds. The molecule has 0 radical (unpaired) electrons. The Hall–Kier alpha value is 0.0500. The Balaban J connectivity index is 2.30. The predicted octanol–water partition coefficient (Wildman–Crippen LogP) is 2.78. The summed E-state index contributed by atoms with van der Waals surface area (Å²) in [6, 6.07) is 0. The molecule has 1 atom stereocenters. The van der Waals surface area contributed by atoms with Gasteiger partial charge in [-0.3, -0.25) is 4.90 Å². The average Bonchev–Trinajstić information content (AvgIpc) is 2.15. The van der Waals surface area contributed by atoms with Crippen molar-refractivity contribution in [2.24, 2.45) is 0 Å². The number of thioether (sulfide) groups is 1. The van der Waals surface area contributed by atoms with E-state index in [2.05, 4.69) is 43.5 Å². The number of hydrogen-bond donors (Lipinski definition) is 0. The van der Waals surface area contributed by atoms with Crippen molar-refractivity contribution in [3.05, 3.63) is 11.6 Å². The summed E-state index contributed by atoms with van der Waals surface area (Å²) in [4.78, 5) is 2.57. The first-order chi connectivity index (χ1) is 6.22. The molecule has 0 N–H and O–H groups in total. The smallest absolute Gasteiger partial charge is 0.0172 e. The molecule has 0 spiro atoms. The van der Waals surface area contributed by atoms with Crippen LogP contribution in [0.5, 0.6) is 0 Å². The third-order valence-electron chi connectivity index (χ3n) is 2.44. The van der Waals surface area contributed by atoms with E-state index in [1.165, 1.54) is 30.8 Å². The highest BCUT2D eigenvalue weighted by Gasteiger charge is 2.17. The monoisotopic (exact) mass is 199 g/mol. The lowest BCUT2D eigenvalue weighted by atomic mass is 10.2.